The lowest BCUT2D eigenvalue weighted by atomic mass is 10.0. The Bertz CT molecular complexity index is 9460. The standard InChI is InChI=1S/C23H21N5O.C22H20N6.C20H19N7O.C17H9FN4.2C15H10N6/c24-12-17-10-20-21-11-19(13-26-23(21)27-22(20)14-25-17)29-18-6-4-16(5-7-18)15-28-8-2-1-3-9-28;1-27-6-8-28(9-7-27)18-4-2-15(3-5-18)16-10-20-19-11-17(12-23)24-14-21(19)26-22(20)25-13-16;21-9-16-8-17-18-7-14(10-23-20(18)25-19(17)12-22-16)15-11-24-27(13-15)2-1-26-3-5-28-6-4-26;18-12-3-1-10(2-4-12)11-5-15-14-6-13(7-19)20-9-16(14)22-17(15)21-8-11;1-21-8-10(6-19-21)9-2-13-12-3-11(4-16)17-7-14(12)20-15(13)18-5-9;1-21-3-2-17-15(21)9-4-12-11-5-10(6-16)18-8-13(11)20-14(12)19-7-9/h4-7,10-11,13-14H,1-3,8-9,15H2,(H,26,27);2-5,10-11,13-14H,6-9H2,1H3,(H,25,26);7-8,10-13H,1-6H2,(H,23,25);1-6,8-9H,(H,21,22);2-3,5-8H,1H3,(H,18,20);2-5,7-8H,1H3,(H,19,20). The normalized spacial score (nSPS) is 13.3. The quantitative estimate of drug-likeness (QED) is 0.0624. The van der Waals surface area contributed by atoms with Crippen molar-refractivity contribution in [2.45, 2.75) is 32.4 Å². The summed E-state index contributed by atoms with van der Waals surface area (Å²) in [6.07, 6.45) is 36.1. The van der Waals surface area contributed by atoms with Crippen LogP contribution in [0.15, 0.2) is 257 Å². The molecule has 0 spiro atoms. The van der Waals surface area contributed by atoms with Crippen LogP contribution in [0.25, 0.3) is 188 Å². The topological polar surface area (TPSA) is 477 Å². The molecule has 3 aromatic carbocycles. The van der Waals surface area contributed by atoms with Gasteiger partial charge in [0.25, 0.3) is 0 Å². The van der Waals surface area contributed by atoms with Crippen molar-refractivity contribution in [2.24, 2.45) is 14.1 Å². The van der Waals surface area contributed by atoms with Gasteiger partial charge in [-0.3, -0.25) is 19.2 Å². The van der Waals surface area contributed by atoms with Crippen LogP contribution in [0.2, 0.25) is 0 Å². The fourth-order valence-electron chi connectivity index (χ4n) is 18.9. The zero-order valence-corrected chi connectivity index (χ0v) is 80.8. The van der Waals surface area contributed by atoms with Crippen molar-refractivity contribution in [3.63, 3.8) is 0 Å². The van der Waals surface area contributed by atoms with Crippen molar-refractivity contribution in [3.8, 4) is 104 Å². The van der Waals surface area contributed by atoms with E-state index in [4.69, 9.17) is 41.0 Å². The number of likely N-dealkylation sites (tertiary alicyclic amines) is 1. The average Bonchev–Trinajstić information content (AvgIpc) is 1.64. The van der Waals surface area contributed by atoms with Crippen LogP contribution in [0.5, 0.6) is 11.5 Å². The van der Waals surface area contributed by atoms with E-state index in [1.807, 2.05) is 103 Å². The third-order valence-corrected chi connectivity index (χ3v) is 26.8. The molecule has 0 unspecified atom stereocenters. The first-order valence-corrected chi connectivity index (χ1v) is 48.2. The summed E-state index contributed by atoms with van der Waals surface area (Å²) in [4.78, 5) is 84.8. The van der Waals surface area contributed by atoms with Crippen LogP contribution in [0.3, 0.4) is 0 Å². The number of fused-ring (bicyclic) bond motifs is 18. The Balaban J connectivity index is 0.000000102. The predicted octanol–water partition coefficient (Wildman–Crippen LogP) is 18.9. The van der Waals surface area contributed by atoms with Crippen molar-refractivity contribution < 1.29 is 13.9 Å². The highest BCUT2D eigenvalue weighted by atomic mass is 19.1. The van der Waals surface area contributed by atoms with Gasteiger partial charge in [-0.2, -0.15) is 41.8 Å². The maximum atomic E-state index is 13.0. The molecular formula is C112H89FN34O2. The molecule has 27 rings (SSSR count). The van der Waals surface area contributed by atoms with Gasteiger partial charge in [0.05, 0.1) is 109 Å². The largest absolute Gasteiger partial charge is 0.456 e. The van der Waals surface area contributed by atoms with E-state index >= 15 is 0 Å². The summed E-state index contributed by atoms with van der Waals surface area (Å²) in [5.74, 6) is 2.04. The molecule has 3 fully saturated rings. The lowest BCUT2D eigenvalue weighted by Gasteiger charge is -2.34. The molecule has 24 aromatic rings. The summed E-state index contributed by atoms with van der Waals surface area (Å²) in [6, 6.07) is 58.6. The number of halogens is 1. The maximum Gasteiger partial charge on any atom is 0.146 e. The number of hydrogen-bond acceptors (Lipinski definition) is 27. The molecule has 726 valence electrons. The van der Waals surface area contributed by atoms with Gasteiger partial charge in [-0.15, -0.1) is 0 Å². The lowest BCUT2D eigenvalue weighted by Crippen LogP contribution is -2.44. The molecule has 0 atom stereocenters. The lowest BCUT2D eigenvalue weighted by molar-refractivity contribution is 0.0360. The number of likely N-dealkylation sites (N-methyl/N-ethyl adjacent to an activating group) is 1. The van der Waals surface area contributed by atoms with Gasteiger partial charge in [-0.25, -0.2) is 69.2 Å². The second-order valence-electron chi connectivity index (χ2n) is 36.4. The summed E-state index contributed by atoms with van der Waals surface area (Å²) in [7, 11) is 6.00. The minimum Gasteiger partial charge on any atom is -0.456 e. The molecule has 3 aliphatic heterocycles. The third kappa shape index (κ3) is 20.3. The molecule has 24 heterocycles. The van der Waals surface area contributed by atoms with Gasteiger partial charge >= 0.3 is 0 Å². The van der Waals surface area contributed by atoms with Crippen molar-refractivity contribution in [2.75, 3.05) is 84.1 Å². The fourth-order valence-corrected chi connectivity index (χ4v) is 18.9. The van der Waals surface area contributed by atoms with Gasteiger partial charge in [0.2, 0.25) is 0 Å². The maximum absolute atomic E-state index is 13.0. The Hall–Kier alpha value is -19.8. The summed E-state index contributed by atoms with van der Waals surface area (Å²) < 4.78 is 30.1. The molecular weight excluding hydrogens is 1870 g/mol. The number of aromatic nitrogens is 24. The number of rotatable bonds is 13. The Morgan fingerprint density at radius 3 is 1.11 bits per heavy atom. The zero-order valence-electron chi connectivity index (χ0n) is 80.8. The van der Waals surface area contributed by atoms with Crippen molar-refractivity contribution >= 4 is 137 Å². The van der Waals surface area contributed by atoms with Crippen molar-refractivity contribution in [1.82, 2.24) is 134 Å². The van der Waals surface area contributed by atoms with Crippen LogP contribution in [0.1, 0.15) is 59.0 Å². The van der Waals surface area contributed by atoms with E-state index in [1.54, 1.807) is 115 Å². The number of imidazole rings is 1. The molecule has 3 saturated heterocycles. The van der Waals surface area contributed by atoms with Gasteiger partial charge in [0.1, 0.15) is 128 Å². The summed E-state index contributed by atoms with van der Waals surface area (Å²) in [5, 5.41) is 74.5. The second kappa shape index (κ2) is 41.6. The highest BCUT2D eigenvalue weighted by Gasteiger charge is 2.22. The number of aryl methyl sites for hydroxylation is 2. The Morgan fingerprint density at radius 2 is 0.711 bits per heavy atom. The SMILES string of the molecule is CN1CCN(c2ccc(-c3cnc4[nH]c5cnc(C#N)cc5c4c3)cc2)CC1.Cn1cc(-c2cnc3[nH]c4cnc(C#N)cc4c3c2)cn1.Cn1ccnc1-c1cnc2[nH]c3cnc(C#N)cc3c2c1.N#Cc1cc2c(cn1)[nH]c1ncc(-c3ccc(F)cc3)cc12.N#Cc1cc2c(cn1)[nH]c1ncc(-c3cnn(CCN4CCOCC4)c3)cc12.N#Cc1cc2c(cn1)[nH]c1ncc(Oc3ccc(CN4CCCCC4)cc3)cc12. The van der Waals surface area contributed by atoms with Gasteiger partial charge in [-0.1, -0.05) is 42.8 Å². The van der Waals surface area contributed by atoms with Crippen LogP contribution < -0.4 is 9.64 Å². The molecule has 21 aromatic heterocycles. The van der Waals surface area contributed by atoms with Gasteiger partial charge < -0.3 is 53.7 Å². The van der Waals surface area contributed by atoms with Crippen LogP contribution >= 0.6 is 0 Å². The van der Waals surface area contributed by atoms with E-state index in [2.05, 4.69) is 223 Å². The first kappa shape index (κ1) is 94.1. The highest BCUT2D eigenvalue weighted by molar-refractivity contribution is 6.12. The Morgan fingerprint density at radius 1 is 0.329 bits per heavy atom. The first-order valence-electron chi connectivity index (χ1n) is 48.2. The summed E-state index contributed by atoms with van der Waals surface area (Å²) in [5.41, 5.74) is 23.7. The minimum atomic E-state index is -0.269. The van der Waals surface area contributed by atoms with Crippen molar-refractivity contribution in [3.05, 3.63) is 303 Å². The molecule has 37 heteroatoms. The zero-order chi connectivity index (χ0) is 102. The molecule has 0 aliphatic carbocycles. The molecule has 0 saturated carbocycles. The third-order valence-electron chi connectivity index (χ3n) is 26.8. The molecule has 36 nitrogen and oxygen atoms in total. The predicted molar refractivity (Wildman–Crippen MR) is 566 cm³/mol. The van der Waals surface area contributed by atoms with E-state index in [1.165, 1.54) is 55.7 Å². The van der Waals surface area contributed by atoms with E-state index in [9.17, 15) is 4.39 Å². The van der Waals surface area contributed by atoms with Crippen LogP contribution in [-0.4, -0.2) is 213 Å². The van der Waals surface area contributed by atoms with Gasteiger partial charge in [0.15, 0.2) is 0 Å². The first-order chi connectivity index (χ1) is 73.0. The van der Waals surface area contributed by atoms with Crippen LogP contribution in [0.4, 0.5) is 10.1 Å². The van der Waals surface area contributed by atoms with Crippen molar-refractivity contribution in [1.29, 1.82) is 31.6 Å². The summed E-state index contributed by atoms with van der Waals surface area (Å²) in [6.45, 7) is 13.1. The van der Waals surface area contributed by atoms with Gasteiger partial charge in [-0.05, 0) is 159 Å². The number of morpholine rings is 1. The number of nitrogens with one attached hydrogen (secondary N) is 6. The second-order valence-corrected chi connectivity index (χ2v) is 36.4. The number of pyridine rings is 12. The Kier molecular flexibility index (Phi) is 26.3. The molecule has 3 aliphatic rings. The van der Waals surface area contributed by atoms with Crippen LogP contribution in [-0.2, 0) is 31.9 Å². The number of anilines is 1. The number of nitrogens with zero attached hydrogens (tertiary/aromatic N) is 28. The smallest absolute Gasteiger partial charge is 0.146 e. The molecule has 149 heavy (non-hydrogen) atoms. The number of H-pyrrole nitrogens is 6. The number of nitriles is 6. The molecule has 6 N–H and O–H groups in total. The highest BCUT2D eigenvalue weighted by Crippen LogP contribution is 2.38. The number of ether oxygens (including phenoxy) is 2. The monoisotopic (exact) mass is 1960 g/mol. The van der Waals surface area contributed by atoms with Gasteiger partial charge in [0, 0.05) is 231 Å². The van der Waals surface area contributed by atoms with E-state index in [-0.39, 0.29) is 5.82 Å². The van der Waals surface area contributed by atoms with E-state index in [0.717, 1.165) is 265 Å². The van der Waals surface area contributed by atoms with E-state index in [0.29, 0.717) is 39.9 Å². The number of piperazine rings is 1. The molecule has 0 amide bonds. The fraction of sp³-hybridized carbons (Fsp3) is 0.170. The number of hydrogen-bond donors (Lipinski definition) is 6. The molecule has 0 bridgehead atoms. The van der Waals surface area contributed by atoms with Crippen LogP contribution in [0, 0.1) is 73.8 Å². The number of aromatic amines is 6. The minimum absolute atomic E-state index is 0.269. The number of benzene rings is 3. The van der Waals surface area contributed by atoms with E-state index < -0.39 is 0 Å². The number of piperidine rings is 1. The average molecular weight is 1960 g/mol. The Labute approximate surface area is 848 Å². The summed E-state index contributed by atoms with van der Waals surface area (Å²) >= 11 is 0. The molecule has 0 radical (unpaired) electrons.